The highest BCUT2D eigenvalue weighted by atomic mass is 35.5. The molecule has 1 aliphatic rings. The summed E-state index contributed by atoms with van der Waals surface area (Å²) in [6, 6.07) is 20.9. The SMILES string of the molecule is O=C(CSC1=N/C(=C/c2ccccc2Cl)C(=O)N1c1ccccc1)Nc1ccccc1OC(F)(F)F. The zero-order valence-corrected chi connectivity index (χ0v) is 19.9. The Hall–Kier alpha value is -3.76. The molecule has 11 heteroatoms. The van der Waals surface area contributed by atoms with E-state index in [9.17, 15) is 22.8 Å². The lowest BCUT2D eigenvalue weighted by molar-refractivity contribution is -0.274. The first-order valence-corrected chi connectivity index (χ1v) is 11.8. The summed E-state index contributed by atoms with van der Waals surface area (Å²) in [7, 11) is 0. The standard InChI is InChI=1S/C25H17ClF3N3O3S/c26-18-11-5-4-8-16(18)14-20-23(34)32(17-9-2-1-3-10-17)24(31-20)36-15-22(33)30-19-12-6-7-13-21(19)35-25(27,28)29/h1-14H,15H2,(H,30,33)/b20-14+. The van der Waals surface area contributed by atoms with E-state index >= 15 is 0 Å². The number of anilines is 2. The summed E-state index contributed by atoms with van der Waals surface area (Å²) in [4.78, 5) is 31.6. The molecule has 184 valence electrons. The van der Waals surface area contributed by atoms with Crippen molar-refractivity contribution in [1.29, 1.82) is 0 Å². The number of aliphatic imine (C=N–C) groups is 1. The highest BCUT2D eigenvalue weighted by Crippen LogP contribution is 2.32. The van der Waals surface area contributed by atoms with Crippen molar-refractivity contribution in [2.24, 2.45) is 4.99 Å². The van der Waals surface area contributed by atoms with E-state index in [4.69, 9.17) is 11.6 Å². The lowest BCUT2D eigenvalue weighted by Gasteiger charge is -2.18. The van der Waals surface area contributed by atoms with E-state index in [1.807, 2.05) is 0 Å². The second-order valence-corrected chi connectivity index (χ2v) is 8.65. The van der Waals surface area contributed by atoms with Crippen molar-refractivity contribution in [1.82, 2.24) is 0 Å². The Bertz CT molecular complexity index is 1350. The third kappa shape index (κ3) is 6.27. The molecule has 1 heterocycles. The van der Waals surface area contributed by atoms with Crippen LogP contribution < -0.4 is 15.0 Å². The fraction of sp³-hybridized carbons (Fsp3) is 0.0800. The van der Waals surface area contributed by atoms with Crippen LogP contribution in [0.3, 0.4) is 0 Å². The molecule has 1 N–H and O–H groups in total. The van der Waals surface area contributed by atoms with Crippen molar-refractivity contribution in [3.8, 4) is 5.75 Å². The molecule has 6 nitrogen and oxygen atoms in total. The van der Waals surface area contributed by atoms with Gasteiger partial charge in [0.2, 0.25) is 5.91 Å². The minimum Gasteiger partial charge on any atom is -0.404 e. The van der Waals surface area contributed by atoms with Crippen LogP contribution in [0.5, 0.6) is 5.75 Å². The van der Waals surface area contributed by atoms with Gasteiger partial charge in [-0.05, 0) is 42.0 Å². The minimum absolute atomic E-state index is 0.124. The molecule has 0 saturated carbocycles. The van der Waals surface area contributed by atoms with Crippen LogP contribution in [0, 0.1) is 0 Å². The van der Waals surface area contributed by atoms with Crippen LogP contribution in [-0.2, 0) is 9.59 Å². The Labute approximate surface area is 213 Å². The van der Waals surface area contributed by atoms with Crippen LogP contribution >= 0.6 is 23.4 Å². The molecule has 1 aliphatic heterocycles. The number of benzene rings is 3. The van der Waals surface area contributed by atoms with E-state index in [0.717, 1.165) is 17.8 Å². The molecule has 0 fully saturated rings. The second-order valence-electron chi connectivity index (χ2n) is 7.30. The Kier molecular flexibility index (Phi) is 7.66. The van der Waals surface area contributed by atoms with Crippen molar-refractivity contribution in [2.75, 3.05) is 16.0 Å². The van der Waals surface area contributed by atoms with Gasteiger partial charge in [0.1, 0.15) is 5.70 Å². The normalized spacial score (nSPS) is 14.7. The predicted molar refractivity (Wildman–Crippen MR) is 135 cm³/mol. The molecular weight excluding hydrogens is 515 g/mol. The first-order valence-electron chi connectivity index (χ1n) is 10.4. The molecule has 3 aromatic carbocycles. The molecule has 0 spiro atoms. The molecule has 3 aromatic rings. The number of amidine groups is 1. The summed E-state index contributed by atoms with van der Waals surface area (Å²) < 4.78 is 42.0. The fourth-order valence-corrected chi connectivity index (χ4v) is 4.24. The predicted octanol–water partition coefficient (Wildman–Crippen LogP) is 6.35. The maximum absolute atomic E-state index is 13.2. The first-order chi connectivity index (χ1) is 17.2. The summed E-state index contributed by atoms with van der Waals surface area (Å²) in [6.07, 6.45) is -3.35. The third-order valence-electron chi connectivity index (χ3n) is 4.76. The number of para-hydroxylation sites is 3. The van der Waals surface area contributed by atoms with E-state index in [-0.39, 0.29) is 22.3 Å². The van der Waals surface area contributed by atoms with Gasteiger partial charge in [-0.25, -0.2) is 4.99 Å². The number of amides is 2. The van der Waals surface area contributed by atoms with Crippen LogP contribution in [0.1, 0.15) is 5.56 Å². The first kappa shape index (κ1) is 25.3. The lowest BCUT2D eigenvalue weighted by Crippen LogP contribution is -2.31. The Balaban J connectivity index is 1.54. The average Bonchev–Trinajstić information content (AvgIpc) is 3.15. The summed E-state index contributed by atoms with van der Waals surface area (Å²) in [5, 5.41) is 3.09. The number of hydrogen-bond acceptors (Lipinski definition) is 5. The Morgan fingerprint density at radius 2 is 1.69 bits per heavy atom. The number of carbonyl (C=O) groups excluding carboxylic acids is 2. The van der Waals surface area contributed by atoms with Crippen molar-refractivity contribution in [3.63, 3.8) is 0 Å². The van der Waals surface area contributed by atoms with Gasteiger partial charge in [0.05, 0.1) is 17.1 Å². The van der Waals surface area contributed by atoms with Gasteiger partial charge in [-0.3, -0.25) is 14.5 Å². The lowest BCUT2D eigenvalue weighted by atomic mass is 10.2. The smallest absolute Gasteiger partial charge is 0.404 e. The zero-order valence-electron chi connectivity index (χ0n) is 18.3. The summed E-state index contributed by atoms with van der Waals surface area (Å²) >= 11 is 7.18. The molecule has 0 aromatic heterocycles. The topological polar surface area (TPSA) is 71.0 Å². The van der Waals surface area contributed by atoms with Gasteiger partial charge in [0.25, 0.3) is 5.91 Å². The fourth-order valence-electron chi connectivity index (χ4n) is 3.24. The molecule has 0 aliphatic carbocycles. The zero-order chi connectivity index (χ0) is 25.7. The van der Waals surface area contributed by atoms with E-state index in [1.54, 1.807) is 60.7 Å². The maximum Gasteiger partial charge on any atom is 0.573 e. The third-order valence-corrected chi connectivity index (χ3v) is 6.04. The number of alkyl halides is 3. The van der Waals surface area contributed by atoms with Crippen LogP contribution in [0.2, 0.25) is 5.02 Å². The van der Waals surface area contributed by atoms with Gasteiger partial charge in [-0.15, -0.1) is 13.2 Å². The Morgan fingerprint density at radius 1 is 1.03 bits per heavy atom. The highest BCUT2D eigenvalue weighted by Gasteiger charge is 2.33. The van der Waals surface area contributed by atoms with Crippen molar-refractivity contribution >= 4 is 57.8 Å². The van der Waals surface area contributed by atoms with Crippen LogP contribution in [0.15, 0.2) is 89.6 Å². The van der Waals surface area contributed by atoms with Crippen molar-refractivity contribution < 1.29 is 27.5 Å². The molecule has 4 rings (SSSR count). The number of rotatable bonds is 6. The average molecular weight is 532 g/mol. The number of hydrogen-bond donors (Lipinski definition) is 1. The number of carbonyl (C=O) groups is 2. The molecule has 0 unspecified atom stereocenters. The van der Waals surface area contributed by atoms with E-state index in [2.05, 4.69) is 15.0 Å². The molecule has 2 amide bonds. The molecule has 0 radical (unpaired) electrons. The van der Waals surface area contributed by atoms with Crippen molar-refractivity contribution in [3.05, 3.63) is 95.1 Å². The summed E-state index contributed by atoms with van der Waals surface area (Å²) in [6.45, 7) is 0. The summed E-state index contributed by atoms with van der Waals surface area (Å²) in [5.41, 5.74) is 1.13. The number of ether oxygens (including phenoxy) is 1. The van der Waals surface area contributed by atoms with Crippen LogP contribution in [0.4, 0.5) is 24.5 Å². The maximum atomic E-state index is 13.2. The quantitative estimate of drug-likeness (QED) is 0.376. The van der Waals surface area contributed by atoms with Gasteiger partial charge < -0.3 is 10.1 Å². The van der Waals surface area contributed by atoms with E-state index < -0.39 is 23.9 Å². The van der Waals surface area contributed by atoms with Gasteiger partial charge in [0, 0.05) is 5.02 Å². The van der Waals surface area contributed by atoms with Gasteiger partial charge >= 0.3 is 6.36 Å². The van der Waals surface area contributed by atoms with E-state index in [0.29, 0.717) is 16.3 Å². The molecular formula is C25H17ClF3N3O3S. The van der Waals surface area contributed by atoms with Gasteiger partial charge in [-0.1, -0.05) is 71.9 Å². The molecule has 36 heavy (non-hydrogen) atoms. The monoisotopic (exact) mass is 531 g/mol. The minimum atomic E-state index is -4.91. The Morgan fingerprint density at radius 3 is 2.42 bits per heavy atom. The number of nitrogens with one attached hydrogen (secondary N) is 1. The molecule has 0 saturated heterocycles. The van der Waals surface area contributed by atoms with Crippen LogP contribution in [0.25, 0.3) is 6.08 Å². The molecule has 0 bridgehead atoms. The number of thioether (sulfide) groups is 1. The highest BCUT2D eigenvalue weighted by molar-refractivity contribution is 8.14. The number of halogens is 4. The number of nitrogens with zero attached hydrogens (tertiary/aromatic N) is 2. The summed E-state index contributed by atoms with van der Waals surface area (Å²) in [5.74, 6) is -1.78. The second kappa shape index (κ2) is 10.9. The van der Waals surface area contributed by atoms with Gasteiger partial charge in [0.15, 0.2) is 10.9 Å². The molecule has 0 atom stereocenters. The van der Waals surface area contributed by atoms with Crippen LogP contribution in [-0.4, -0.2) is 29.1 Å². The van der Waals surface area contributed by atoms with E-state index in [1.165, 1.54) is 23.1 Å². The van der Waals surface area contributed by atoms with Gasteiger partial charge in [-0.2, -0.15) is 0 Å². The largest absolute Gasteiger partial charge is 0.573 e. The van der Waals surface area contributed by atoms with Crippen molar-refractivity contribution in [2.45, 2.75) is 6.36 Å².